The molecule has 3 rings (SSSR count). The molecule has 2 aliphatic heterocycles. The molecule has 0 bridgehead atoms. The summed E-state index contributed by atoms with van der Waals surface area (Å²) in [6.45, 7) is 9.29. The summed E-state index contributed by atoms with van der Waals surface area (Å²) in [6, 6.07) is 0.520. The Morgan fingerprint density at radius 3 is 2.50 bits per heavy atom. The van der Waals surface area contributed by atoms with Crippen molar-refractivity contribution in [3.05, 3.63) is 0 Å². The van der Waals surface area contributed by atoms with Gasteiger partial charge >= 0.3 is 0 Å². The van der Waals surface area contributed by atoms with Gasteiger partial charge in [-0.15, -0.1) is 24.8 Å². The van der Waals surface area contributed by atoms with Gasteiger partial charge < -0.3 is 15.0 Å². The maximum absolute atomic E-state index is 12.2. The van der Waals surface area contributed by atoms with Gasteiger partial charge in [0.25, 0.3) is 0 Å². The second-order valence-corrected chi connectivity index (χ2v) is 6.57. The van der Waals surface area contributed by atoms with Crippen LogP contribution in [0.25, 0.3) is 0 Å². The monoisotopic (exact) mass is 353 g/mol. The van der Waals surface area contributed by atoms with Gasteiger partial charge in [-0.25, -0.2) is 0 Å². The molecule has 2 unspecified atom stereocenters. The number of morpholine rings is 1. The minimum Gasteiger partial charge on any atom is -0.379 e. The second-order valence-electron chi connectivity index (χ2n) is 6.57. The lowest BCUT2D eigenvalue weighted by Crippen LogP contribution is -2.47. The quantitative estimate of drug-likeness (QED) is 0.801. The van der Waals surface area contributed by atoms with E-state index in [1.165, 1.54) is 12.8 Å². The third-order valence-corrected chi connectivity index (χ3v) is 4.85. The van der Waals surface area contributed by atoms with Gasteiger partial charge in [0.05, 0.1) is 19.8 Å². The molecule has 2 heterocycles. The lowest BCUT2D eigenvalue weighted by Gasteiger charge is -2.34. The predicted molar refractivity (Wildman–Crippen MR) is 92.0 cm³/mol. The van der Waals surface area contributed by atoms with Crippen LogP contribution in [0.3, 0.4) is 0 Å². The van der Waals surface area contributed by atoms with Crippen molar-refractivity contribution in [2.45, 2.75) is 25.8 Å². The standard InChI is InChI=1S/C15H27N3O2.2ClH/c1-12-10-18(15(19)9-16-8-13-2-3-13)11-14(12)17-4-6-20-7-5-17;;/h12-14,16H,2-11H2,1H3;2*1H. The molecule has 2 atom stereocenters. The summed E-state index contributed by atoms with van der Waals surface area (Å²) in [5, 5.41) is 3.31. The number of amides is 1. The average Bonchev–Trinajstić information content (AvgIpc) is 3.20. The van der Waals surface area contributed by atoms with Crippen LogP contribution in [0.1, 0.15) is 19.8 Å². The van der Waals surface area contributed by atoms with E-state index in [9.17, 15) is 4.79 Å². The normalized spacial score (nSPS) is 28.9. The van der Waals surface area contributed by atoms with Crippen LogP contribution in [0.5, 0.6) is 0 Å². The Labute approximate surface area is 145 Å². The fourth-order valence-electron chi connectivity index (χ4n) is 3.35. The molecule has 0 spiro atoms. The molecule has 130 valence electrons. The highest BCUT2D eigenvalue weighted by Gasteiger charge is 2.36. The summed E-state index contributed by atoms with van der Waals surface area (Å²) in [5.74, 6) is 1.68. The highest BCUT2D eigenvalue weighted by atomic mass is 35.5. The van der Waals surface area contributed by atoms with Crippen LogP contribution in [0.15, 0.2) is 0 Å². The lowest BCUT2D eigenvalue weighted by atomic mass is 10.0. The molecule has 0 aromatic carbocycles. The molecular weight excluding hydrogens is 325 g/mol. The Kier molecular flexibility index (Phi) is 8.43. The number of nitrogens with one attached hydrogen (secondary N) is 1. The molecule has 5 nitrogen and oxygen atoms in total. The largest absolute Gasteiger partial charge is 0.379 e. The molecule has 0 aromatic heterocycles. The van der Waals surface area contributed by atoms with E-state index in [-0.39, 0.29) is 30.7 Å². The number of likely N-dealkylation sites (tertiary alicyclic amines) is 1. The van der Waals surface area contributed by atoms with E-state index in [2.05, 4.69) is 17.1 Å². The van der Waals surface area contributed by atoms with E-state index in [0.717, 1.165) is 51.9 Å². The van der Waals surface area contributed by atoms with Gasteiger partial charge in [0.15, 0.2) is 0 Å². The van der Waals surface area contributed by atoms with Crippen LogP contribution in [0.2, 0.25) is 0 Å². The highest BCUT2D eigenvalue weighted by Crippen LogP contribution is 2.27. The van der Waals surface area contributed by atoms with Crippen molar-refractivity contribution >= 4 is 30.7 Å². The van der Waals surface area contributed by atoms with Gasteiger partial charge in [0.1, 0.15) is 0 Å². The first-order valence-electron chi connectivity index (χ1n) is 8.04. The summed E-state index contributed by atoms with van der Waals surface area (Å²) in [4.78, 5) is 16.8. The molecular formula is C15H29Cl2N3O2. The van der Waals surface area contributed by atoms with Crippen LogP contribution >= 0.6 is 24.8 Å². The number of nitrogens with zero attached hydrogens (tertiary/aromatic N) is 2. The molecule has 1 N–H and O–H groups in total. The van der Waals surface area contributed by atoms with Gasteiger partial charge in [-0.1, -0.05) is 6.92 Å². The first kappa shape index (κ1) is 20.0. The Bertz CT molecular complexity index is 350. The smallest absolute Gasteiger partial charge is 0.236 e. The molecule has 1 aliphatic carbocycles. The molecule has 7 heteroatoms. The molecule has 22 heavy (non-hydrogen) atoms. The minimum atomic E-state index is 0. The summed E-state index contributed by atoms with van der Waals surface area (Å²) in [5.41, 5.74) is 0. The number of hydrogen-bond donors (Lipinski definition) is 1. The van der Waals surface area contributed by atoms with Crippen LogP contribution in [0, 0.1) is 11.8 Å². The number of carbonyl (C=O) groups is 1. The predicted octanol–water partition coefficient (Wildman–Crippen LogP) is 1.01. The molecule has 3 fully saturated rings. The van der Waals surface area contributed by atoms with Crippen molar-refractivity contribution in [3.8, 4) is 0 Å². The van der Waals surface area contributed by atoms with Crippen LogP contribution < -0.4 is 5.32 Å². The first-order valence-corrected chi connectivity index (χ1v) is 8.04. The van der Waals surface area contributed by atoms with Crippen LogP contribution in [-0.4, -0.2) is 74.2 Å². The van der Waals surface area contributed by atoms with Gasteiger partial charge in [0.2, 0.25) is 5.91 Å². The van der Waals surface area contributed by atoms with Gasteiger partial charge in [-0.05, 0) is 31.2 Å². The lowest BCUT2D eigenvalue weighted by molar-refractivity contribution is -0.129. The summed E-state index contributed by atoms with van der Waals surface area (Å²) >= 11 is 0. The van der Waals surface area contributed by atoms with E-state index in [1.54, 1.807) is 0 Å². The van der Waals surface area contributed by atoms with Gasteiger partial charge in [-0.3, -0.25) is 9.69 Å². The zero-order valence-electron chi connectivity index (χ0n) is 13.3. The molecule has 2 saturated heterocycles. The van der Waals surface area contributed by atoms with Crippen LogP contribution in [0.4, 0.5) is 0 Å². The third-order valence-electron chi connectivity index (χ3n) is 4.85. The summed E-state index contributed by atoms with van der Waals surface area (Å²) in [6.07, 6.45) is 2.67. The van der Waals surface area contributed by atoms with Crippen molar-refractivity contribution in [1.29, 1.82) is 0 Å². The zero-order chi connectivity index (χ0) is 13.9. The Morgan fingerprint density at radius 1 is 1.18 bits per heavy atom. The Balaban J connectivity index is 0.00000121. The number of hydrogen-bond acceptors (Lipinski definition) is 4. The SMILES string of the molecule is CC1CN(C(=O)CNCC2CC2)CC1N1CCOCC1.Cl.Cl. The van der Waals surface area contributed by atoms with E-state index in [4.69, 9.17) is 4.74 Å². The molecule has 0 radical (unpaired) electrons. The topological polar surface area (TPSA) is 44.8 Å². The van der Waals surface area contributed by atoms with Crippen molar-refractivity contribution < 1.29 is 9.53 Å². The van der Waals surface area contributed by atoms with Gasteiger partial charge in [0, 0.05) is 32.2 Å². The zero-order valence-corrected chi connectivity index (χ0v) is 15.0. The first-order chi connectivity index (χ1) is 9.74. The molecule has 3 aliphatic rings. The van der Waals surface area contributed by atoms with Gasteiger partial charge in [-0.2, -0.15) is 0 Å². The fourth-order valence-corrected chi connectivity index (χ4v) is 3.35. The van der Waals surface area contributed by atoms with Crippen molar-refractivity contribution in [2.75, 3.05) is 52.5 Å². The van der Waals surface area contributed by atoms with Crippen molar-refractivity contribution in [3.63, 3.8) is 0 Å². The fraction of sp³-hybridized carbons (Fsp3) is 0.933. The van der Waals surface area contributed by atoms with E-state index < -0.39 is 0 Å². The molecule has 0 aromatic rings. The number of ether oxygens (including phenoxy) is 1. The maximum atomic E-state index is 12.2. The second kappa shape index (κ2) is 9.28. The number of halogens is 2. The highest BCUT2D eigenvalue weighted by molar-refractivity contribution is 5.85. The summed E-state index contributed by atoms with van der Waals surface area (Å²) < 4.78 is 5.42. The van der Waals surface area contributed by atoms with Crippen molar-refractivity contribution in [1.82, 2.24) is 15.1 Å². The maximum Gasteiger partial charge on any atom is 0.236 e. The summed E-state index contributed by atoms with van der Waals surface area (Å²) in [7, 11) is 0. The molecule has 1 saturated carbocycles. The van der Waals surface area contributed by atoms with E-state index in [0.29, 0.717) is 18.5 Å². The Morgan fingerprint density at radius 2 is 1.86 bits per heavy atom. The Hall–Kier alpha value is -0.0700. The number of rotatable bonds is 5. The molecule has 1 amide bonds. The van der Waals surface area contributed by atoms with E-state index in [1.807, 2.05) is 4.90 Å². The third kappa shape index (κ3) is 5.24. The van der Waals surface area contributed by atoms with E-state index >= 15 is 0 Å². The van der Waals surface area contributed by atoms with Crippen molar-refractivity contribution in [2.24, 2.45) is 11.8 Å². The minimum absolute atomic E-state index is 0. The van der Waals surface area contributed by atoms with Crippen LogP contribution in [-0.2, 0) is 9.53 Å². The number of carbonyl (C=O) groups excluding carboxylic acids is 1. The average molecular weight is 354 g/mol.